The van der Waals surface area contributed by atoms with Gasteiger partial charge in [0, 0.05) is 53.0 Å². The number of phenols is 1. The Morgan fingerprint density at radius 2 is 2.06 bits per heavy atom. The summed E-state index contributed by atoms with van der Waals surface area (Å²) in [7, 11) is 0. The number of nitrogen functional groups attached to an aromatic ring is 2. The van der Waals surface area contributed by atoms with Gasteiger partial charge < -0.3 is 25.8 Å². The lowest BCUT2D eigenvalue weighted by molar-refractivity contribution is -0.0394. The van der Waals surface area contributed by atoms with E-state index in [2.05, 4.69) is 15.2 Å². The SMILES string of the molecule is CC(=O)c1cc(-c2ncc(-c3cnn(C4CCCCO4)c3)c3onc(N)c23)c(O)cc1N. The van der Waals surface area contributed by atoms with E-state index in [4.69, 9.17) is 20.7 Å². The van der Waals surface area contributed by atoms with E-state index in [-0.39, 0.29) is 34.8 Å². The number of carbonyl (C=O) groups excluding carboxylic acids is 1. The first-order chi connectivity index (χ1) is 15.4. The number of nitrogens with zero attached hydrogens (tertiary/aromatic N) is 4. The van der Waals surface area contributed by atoms with Gasteiger partial charge in [0.05, 0.1) is 17.3 Å². The molecule has 32 heavy (non-hydrogen) atoms. The van der Waals surface area contributed by atoms with Gasteiger partial charge in [0.2, 0.25) is 0 Å². The van der Waals surface area contributed by atoms with Gasteiger partial charge in [-0.3, -0.25) is 9.78 Å². The number of nitrogens with two attached hydrogens (primary N) is 2. The largest absolute Gasteiger partial charge is 0.507 e. The second-order valence-corrected chi connectivity index (χ2v) is 7.84. The minimum Gasteiger partial charge on any atom is -0.507 e. The Morgan fingerprint density at radius 1 is 1.22 bits per heavy atom. The molecule has 1 fully saturated rings. The number of carbonyl (C=O) groups is 1. The first-order valence-electron chi connectivity index (χ1n) is 10.3. The average Bonchev–Trinajstić information content (AvgIpc) is 3.42. The summed E-state index contributed by atoms with van der Waals surface area (Å²) in [6.07, 6.45) is 8.13. The van der Waals surface area contributed by atoms with Crippen molar-refractivity contribution in [2.75, 3.05) is 18.1 Å². The van der Waals surface area contributed by atoms with E-state index in [1.807, 2.05) is 6.20 Å². The number of ether oxygens (including phenoxy) is 1. The van der Waals surface area contributed by atoms with Crippen LogP contribution in [0.5, 0.6) is 5.75 Å². The molecule has 3 aromatic heterocycles. The molecule has 10 nitrogen and oxygen atoms in total. The number of pyridine rings is 1. The zero-order chi connectivity index (χ0) is 22.4. The van der Waals surface area contributed by atoms with Crippen molar-refractivity contribution in [3.05, 3.63) is 36.3 Å². The minimum atomic E-state index is -0.229. The molecule has 1 saturated heterocycles. The predicted octanol–water partition coefficient (Wildman–Crippen LogP) is 3.53. The van der Waals surface area contributed by atoms with Crippen molar-refractivity contribution in [3.8, 4) is 28.1 Å². The predicted molar refractivity (Wildman–Crippen MR) is 118 cm³/mol. The van der Waals surface area contributed by atoms with Gasteiger partial charge in [-0.1, -0.05) is 5.16 Å². The Morgan fingerprint density at radius 3 is 2.81 bits per heavy atom. The fourth-order valence-corrected chi connectivity index (χ4v) is 4.04. The maximum Gasteiger partial charge on any atom is 0.180 e. The van der Waals surface area contributed by atoms with Gasteiger partial charge in [0.15, 0.2) is 17.2 Å². The number of benzene rings is 1. The molecular formula is C22H22N6O4. The van der Waals surface area contributed by atoms with Crippen molar-refractivity contribution >= 4 is 28.3 Å². The number of hydrogen-bond acceptors (Lipinski definition) is 9. The highest BCUT2D eigenvalue weighted by molar-refractivity contribution is 6.07. The first-order valence-corrected chi connectivity index (χ1v) is 10.3. The van der Waals surface area contributed by atoms with Gasteiger partial charge in [-0.05, 0) is 32.3 Å². The molecule has 5 N–H and O–H groups in total. The summed E-state index contributed by atoms with van der Waals surface area (Å²) in [5.41, 5.74) is 14.9. The van der Waals surface area contributed by atoms with Gasteiger partial charge in [0.25, 0.3) is 0 Å². The van der Waals surface area contributed by atoms with Crippen molar-refractivity contribution in [3.63, 3.8) is 0 Å². The van der Waals surface area contributed by atoms with E-state index in [1.54, 1.807) is 17.1 Å². The number of fused-ring (bicyclic) bond motifs is 1. The van der Waals surface area contributed by atoms with Crippen LogP contribution in [0.25, 0.3) is 33.4 Å². The molecule has 4 heterocycles. The lowest BCUT2D eigenvalue weighted by Crippen LogP contribution is -2.18. The lowest BCUT2D eigenvalue weighted by atomic mass is 9.99. The van der Waals surface area contributed by atoms with E-state index < -0.39 is 0 Å². The maximum atomic E-state index is 12.0. The number of phenolic OH excluding ortho intramolecular Hbond substituents is 1. The molecule has 10 heteroatoms. The minimum absolute atomic E-state index is 0.100. The third-order valence-corrected chi connectivity index (χ3v) is 5.69. The van der Waals surface area contributed by atoms with Crippen molar-refractivity contribution in [2.24, 2.45) is 0 Å². The van der Waals surface area contributed by atoms with Gasteiger partial charge in [-0.15, -0.1) is 0 Å². The smallest absolute Gasteiger partial charge is 0.180 e. The molecule has 0 saturated carbocycles. The summed E-state index contributed by atoms with van der Waals surface area (Å²) >= 11 is 0. The van der Waals surface area contributed by atoms with Gasteiger partial charge in [-0.2, -0.15) is 5.10 Å². The average molecular weight is 434 g/mol. The Kier molecular flexibility index (Phi) is 4.78. The fourth-order valence-electron chi connectivity index (χ4n) is 4.04. The second kappa shape index (κ2) is 7.65. The van der Waals surface area contributed by atoms with Crippen molar-refractivity contribution in [1.82, 2.24) is 19.9 Å². The van der Waals surface area contributed by atoms with Crippen LogP contribution in [-0.4, -0.2) is 37.4 Å². The van der Waals surface area contributed by atoms with Crippen LogP contribution >= 0.6 is 0 Å². The molecule has 1 aliphatic heterocycles. The number of ketones is 1. The summed E-state index contributed by atoms with van der Waals surface area (Å²) < 4.78 is 13.1. The molecule has 1 aliphatic rings. The molecule has 4 aromatic rings. The topological polar surface area (TPSA) is 155 Å². The lowest BCUT2D eigenvalue weighted by Gasteiger charge is -2.22. The zero-order valence-corrected chi connectivity index (χ0v) is 17.4. The van der Waals surface area contributed by atoms with E-state index >= 15 is 0 Å². The molecule has 0 aliphatic carbocycles. The molecule has 0 spiro atoms. The van der Waals surface area contributed by atoms with E-state index in [0.29, 0.717) is 34.4 Å². The van der Waals surface area contributed by atoms with Gasteiger partial charge in [-0.25, -0.2) is 4.68 Å². The summed E-state index contributed by atoms with van der Waals surface area (Å²) in [4.78, 5) is 16.5. The monoisotopic (exact) mass is 434 g/mol. The molecule has 1 unspecified atom stereocenters. The summed E-state index contributed by atoms with van der Waals surface area (Å²) in [5, 5.41) is 19.3. The van der Waals surface area contributed by atoms with Crippen LogP contribution in [-0.2, 0) is 4.74 Å². The highest BCUT2D eigenvalue weighted by atomic mass is 16.5. The highest BCUT2D eigenvalue weighted by Crippen LogP contribution is 2.41. The molecule has 1 aromatic carbocycles. The van der Waals surface area contributed by atoms with E-state index in [1.165, 1.54) is 19.1 Å². The Balaban J connectivity index is 1.63. The van der Waals surface area contributed by atoms with Crippen LogP contribution in [0.2, 0.25) is 0 Å². The van der Waals surface area contributed by atoms with Crippen molar-refractivity contribution in [2.45, 2.75) is 32.4 Å². The van der Waals surface area contributed by atoms with Crippen LogP contribution in [0.3, 0.4) is 0 Å². The fraction of sp³-hybridized carbons (Fsp3) is 0.273. The number of aromatic nitrogens is 4. The van der Waals surface area contributed by atoms with Crippen LogP contribution < -0.4 is 11.5 Å². The third kappa shape index (κ3) is 3.25. The van der Waals surface area contributed by atoms with Crippen molar-refractivity contribution in [1.29, 1.82) is 0 Å². The van der Waals surface area contributed by atoms with Crippen molar-refractivity contribution < 1.29 is 19.2 Å². The quantitative estimate of drug-likeness (QED) is 0.323. The maximum absolute atomic E-state index is 12.0. The summed E-state index contributed by atoms with van der Waals surface area (Å²) in [5.74, 6) is -0.239. The molecule has 0 radical (unpaired) electrons. The van der Waals surface area contributed by atoms with E-state index in [9.17, 15) is 9.90 Å². The third-order valence-electron chi connectivity index (χ3n) is 5.69. The van der Waals surface area contributed by atoms with E-state index in [0.717, 1.165) is 24.8 Å². The van der Waals surface area contributed by atoms with Crippen LogP contribution in [0.15, 0.2) is 35.2 Å². The number of rotatable bonds is 4. The number of aromatic hydroxyl groups is 1. The Labute approximate surface area is 182 Å². The zero-order valence-electron chi connectivity index (χ0n) is 17.4. The Bertz CT molecular complexity index is 1340. The number of anilines is 2. The van der Waals surface area contributed by atoms with Gasteiger partial charge >= 0.3 is 0 Å². The van der Waals surface area contributed by atoms with Crippen LogP contribution in [0.1, 0.15) is 42.8 Å². The highest BCUT2D eigenvalue weighted by Gasteiger charge is 2.23. The van der Waals surface area contributed by atoms with Crippen LogP contribution in [0.4, 0.5) is 11.5 Å². The molecule has 5 rings (SSSR count). The molecule has 164 valence electrons. The number of Topliss-reactive ketones (excluding diaryl/α,β-unsaturated/α-hetero) is 1. The molecule has 0 bridgehead atoms. The molecular weight excluding hydrogens is 412 g/mol. The molecule has 1 atom stereocenters. The summed E-state index contributed by atoms with van der Waals surface area (Å²) in [6.45, 7) is 2.12. The van der Waals surface area contributed by atoms with Gasteiger partial charge in [0.1, 0.15) is 12.0 Å². The van der Waals surface area contributed by atoms with Crippen LogP contribution in [0, 0.1) is 0 Å². The first kappa shape index (κ1) is 20.0. The normalized spacial score (nSPS) is 16.5. The summed E-state index contributed by atoms with van der Waals surface area (Å²) in [6, 6.07) is 2.82. The Hall–Kier alpha value is -3.92. The standard InChI is InChI=1S/C22H22N6O4/c1-11(29)13-6-14(17(30)7-16(13)23)20-19-21(32-27-22(19)24)15(9-25-20)12-8-26-28(10-12)18-4-2-3-5-31-18/h6-10,18,30H,2-5,23H2,1H3,(H2,24,27). The molecule has 0 amide bonds. The second-order valence-electron chi connectivity index (χ2n) is 7.84. The number of hydrogen-bond donors (Lipinski definition) is 3.